The molecule has 0 saturated heterocycles. The maximum absolute atomic E-state index is 11.9. The van der Waals surface area contributed by atoms with Crippen LogP contribution in [0.1, 0.15) is 153 Å². The summed E-state index contributed by atoms with van der Waals surface area (Å²) in [5.41, 5.74) is 2.35. The number of aryl methyl sites for hydroxylation is 2. The molecule has 332 valence electrons. The third-order valence-corrected chi connectivity index (χ3v) is 12.1. The van der Waals surface area contributed by atoms with Crippen LogP contribution in [0.3, 0.4) is 0 Å². The van der Waals surface area contributed by atoms with Crippen LogP contribution < -0.4 is 14.6 Å². The van der Waals surface area contributed by atoms with Crippen LogP contribution in [0.4, 0.5) is 0 Å². The van der Waals surface area contributed by atoms with E-state index in [0.29, 0.717) is 11.5 Å². The summed E-state index contributed by atoms with van der Waals surface area (Å²) in [4.78, 5) is -1.10. The average Bonchev–Trinajstić information content (AvgIpc) is 3.21. The smallest absolute Gasteiger partial charge is 0.870 e. The van der Waals surface area contributed by atoms with Crippen molar-refractivity contribution in [3.63, 3.8) is 0 Å². The van der Waals surface area contributed by atoms with Gasteiger partial charge >= 0.3 is 37.7 Å². The number of aromatic hydroxyl groups is 1. The molecule has 0 aromatic heterocycles. The van der Waals surface area contributed by atoms with Gasteiger partial charge in [-0.15, -0.1) is 0 Å². The Balaban J connectivity index is 0.000000413. The minimum Gasteiger partial charge on any atom is -0.870 e. The molecule has 4 rings (SSSR count). The normalized spacial score (nSPS) is 11.3. The van der Waals surface area contributed by atoms with Crippen molar-refractivity contribution >= 4 is 58.0 Å². The second-order valence-corrected chi connectivity index (χ2v) is 18.2. The Hall–Kier alpha value is -2.84. The van der Waals surface area contributed by atoms with Crippen molar-refractivity contribution in [3.8, 4) is 34.5 Å². The third-order valence-electron chi connectivity index (χ3n) is 10.4. The summed E-state index contributed by atoms with van der Waals surface area (Å²) >= 11 is 0. The number of unbranched alkanes of at least 4 members (excludes halogenated alkanes) is 18. The quantitative estimate of drug-likeness (QED) is 0.0317. The molecule has 4 aromatic rings. The molecule has 13 heteroatoms. The number of hydrogen-bond acceptors (Lipinski definition) is 9. The summed E-state index contributed by atoms with van der Waals surface area (Å²) in [5, 5.41) is 21.9. The fourth-order valence-corrected chi connectivity index (χ4v) is 8.17. The van der Waals surface area contributed by atoms with E-state index in [2.05, 4.69) is 13.8 Å². The summed E-state index contributed by atoms with van der Waals surface area (Å²) in [7, 11) is -9.28. The van der Waals surface area contributed by atoms with Gasteiger partial charge in [-0.1, -0.05) is 178 Å². The van der Waals surface area contributed by atoms with Gasteiger partial charge in [0.05, 0.1) is 4.90 Å². The van der Waals surface area contributed by atoms with Crippen LogP contribution in [0, 0.1) is 0 Å². The predicted molar refractivity (Wildman–Crippen MR) is 242 cm³/mol. The van der Waals surface area contributed by atoms with Gasteiger partial charge in [-0.3, -0.25) is 4.55 Å². The van der Waals surface area contributed by atoms with Crippen LogP contribution >= 0.6 is 0 Å². The largest absolute Gasteiger partial charge is 2.00 e. The van der Waals surface area contributed by atoms with E-state index in [1.165, 1.54) is 151 Å². The molecule has 0 amide bonds. The first-order valence-corrected chi connectivity index (χ1v) is 24.8. The molecule has 10 nitrogen and oxygen atoms in total. The monoisotopic (exact) mass is 906 g/mol. The Bertz CT molecular complexity index is 1870. The van der Waals surface area contributed by atoms with Crippen LogP contribution in [0.2, 0.25) is 0 Å². The van der Waals surface area contributed by atoms with Crippen molar-refractivity contribution in [2.24, 2.45) is 0 Å². The van der Waals surface area contributed by atoms with Crippen molar-refractivity contribution in [3.05, 3.63) is 96.1 Å². The molecule has 0 saturated carbocycles. The molecule has 0 fully saturated rings. The average molecular weight is 907 g/mol. The maximum atomic E-state index is 11.9. The SMILES string of the molecule is CCCCCCCCCCCCc1ccc(Oc2c(O)cccc2S(=O)(=O)O)cc1.CCCCCCCCCCCCc1ccc(Oc2c([O-])cccc2S(=O)(=O)[O-])cc1.[Ca+2]. The van der Waals surface area contributed by atoms with Crippen molar-refractivity contribution in [1.82, 2.24) is 0 Å². The third kappa shape index (κ3) is 21.9. The first kappa shape index (κ1) is 54.3. The van der Waals surface area contributed by atoms with Crippen LogP contribution in [0.5, 0.6) is 34.5 Å². The zero-order valence-corrected chi connectivity index (χ0v) is 40.2. The van der Waals surface area contributed by atoms with Gasteiger partial charge in [-0.05, 0) is 79.3 Å². The number of ether oxygens (including phenoxy) is 2. The number of hydrogen-bond donors (Lipinski definition) is 2. The van der Waals surface area contributed by atoms with Gasteiger partial charge in [0.1, 0.15) is 32.3 Å². The van der Waals surface area contributed by atoms with Gasteiger partial charge in [0.25, 0.3) is 10.1 Å². The molecular formula is C48H66CaO10S2. The van der Waals surface area contributed by atoms with Gasteiger partial charge in [-0.25, -0.2) is 8.42 Å². The minimum absolute atomic E-state index is 0. The number of benzene rings is 4. The van der Waals surface area contributed by atoms with Crippen LogP contribution in [0.25, 0.3) is 0 Å². The summed E-state index contributed by atoms with van der Waals surface area (Å²) in [5.74, 6) is -0.985. The van der Waals surface area contributed by atoms with E-state index < -0.39 is 41.5 Å². The van der Waals surface area contributed by atoms with E-state index in [4.69, 9.17) is 9.47 Å². The summed E-state index contributed by atoms with van der Waals surface area (Å²) in [6.07, 6.45) is 28.0. The molecule has 0 radical (unpaired) electrons. The van der Waals surface area contributed by atoms with Gasteiger partial charge in [0.15, 0.2) is 11.5 Å². The summed E-state index contributed by atoms with van der Waals surface area (Å²) in [6.45, 7) is 4.48. The number of para-hydroxylation sites is 2. The van der Waals surface area contributed by atoms with E-state index in [9.17, 15) is 36.2 Å². The van der Waals surface area contributed by atoms with Gasteiger partial charge in [0, 0.05) is 0 Å². The van der Waals surface area contributed by atoms with Gasteiger partial charge in [0.2, 0.25) is 0 Å². The van der Waals surface area contributed by atoms with Gasteiger partial charge in [-0.2, -0.15) is 8.42 Å². The molecule has 0 unspecified atom stereocenters. The summed E-state index contributed by atoms with van der Waals surface area (Å²) < 4.78 is 77.3. The standard InChI is InChI=1S/2C24H34O5S.Ca/c2*1-2-3-4-5-6-7-8-9-10-11-13-20-16-18-21(19-17-20)29-24-22(25)14-12-15-23(24)30(26,27)28;/h2*12,14-19,25H,2-11,13H2,1H3,(H,26,27,28);/q;;+2/p-2. The van der Waals surface area contributed by atoms with E-state index in [0.717, 1.165) is 37.3 Å². The number of rotatable bonds is 28. The second kappa shape index (κ2) is 30.3. The fourth-order valence-electron chi connectivity index (χ4n) is 6.92. The Morgan fingerprint density at radius 2 is 0.852 bits per heavy atom. The molecule has 0 atom stereocenters. The molecule has 2 N–H and O–H groups in total. The van der Waals surface area contributed by atoms with Crippen LogP contribution in [0.15, 0.2) is 94.7 Å². The Labute approximate surface area is 396 Å². The van der Waals surface area contributed by atoms with Crippen molar-refractivity contribution in [1.29, 1.82) is 0 Å². The van der Waals surface area contributed by atoms with Crippen molar-refractivity contribution in [2.45, 2.75) is 165 Å². The van der Waals surface area contributed by atoms with E-state index in [1.807, 2.05) is 24.3 Å². The number of phenols is 1. The molecule has 0 bridgehead atoms. The van der Waals surface area contributed by atoms with Crippen molar-refractivity contribution < 1.29 is 45.6 Å². The molecular weight excluding hydrogens is 841 g/mol. The molecule has 0 spiro atoms. The molecule has 0 heterocycles. The van der Waals surface area contributed by atoms with E-state index in [-0.39, 0.29) is 49.2 Å². The molecule has 0 aliphatic rings. The fraction of sp³-hybridized carbons (Fsp3) is 0.500. The summed E-state index contributed by atoms with van der Waals surface area (Å²) in [6, 6.07) is 21.9. The van der Waals surface area contributed by atoms with Gasteiger partial charge < -0.3 is 24.2 Å². The van der Waals surface area contributed by atoms with Crippen LogP contribution in [-0.4, -0.2) is 68.8 Å². The number of phenolic OH excluding ortho intramolecular Hbond substituents is 1. The molecule has 0 aliphatic carbocycles. The van der Waals surface area contributed by atoms with Crippen LogP contribution in [-0.2, 0) is 33.1 Å². The zero-order chi connectivity index (χ0) is 43.6. The maximum Gasteiger partial charge on any atom is 2.00 e. The second-order valence-electron chi connectivity index (χ2n) is 15.5. The minimum atomic E-state index is -4.79. The Morgan fingerprint density at radius 1 is 0.492 bits per heavy atom. The Kier molecular flexibility index (Phi) is 27.0. The van der Waals surface area contributed by atoms with E-state index in [1.54, 1.807) is 24.3 Å². The first-order valence-electron chi connectivity index (χ1n) is 21.9. The molecule has 61 heavy (non-hydrogen) atoms. The Morgan fingerprint density at radius 3 is 1.25 bits per heavy atom. The predicted octanol–water partition coefficient (Wildman–Crippen LogP) is 12.4. The first-order chi connectivity index (χ1) is 28.8. The van der Waals surface area contributed by atoms with Crippen molar-refractivity contribution in [2.75, 3.05) is 0 Å². The molecule has 0 aliphatic heterocycles. The van der Waals surface area contributed by atoms with E-state index >= 15 is 0 Å². The molecule has 4 aromatic carbocycles. The zero-order valence-electron chi connectivity index (χ0n) is 36.3. The topological polar surface area (TPSA) is 173 Å².